The van der Waals surface area contributed by atoms with Gasteiger partial charge in [-0.05, 0) is 5.56 Å². The molecule has 0 unspecified atom stereocenters. The first kappa shape index (κ1) is 11.9. The maximum atomic E-state index is 10.7. The lowest BCUT2D eigenvalue weighted by molar-refractivity contribution is -0.104. The molecular formula is C12H15NOS. The van der Waals surface area contributed by atoms with Crippen molar-refractivity contribution in [2.45, 2.75) is 5.75 Å². The van der Waals surface area contributed by atoms with Gasteiger partial charge in [-0.1, -0.05) is 30.3 Å². The predicted molar refractivity (Wildman–Crippen MR) is 65.6 cm³/mol. The molecule has 0 aliphatic carbocycles. The fourth-order valence-electron chi connectivity index (χ4n) is 1.10. The molecule has 1 aromatic rings. The van der Waals surface area contributed by atoms with Crippen LogP contribution in [0.5, 0.6) is 0 Å². The van der Waals surface area contributed by atoms with E-state index >= 15 is 0 Å². The van der Waals surface area contributed by atoms with E-state index in [9.17, 15) is 4.79 Å². The van der Waals surface area contributed by atoms with Gasteiger partial charge in [0.25, 0.3) is 0 Å². The maximum Gasteiger partial charge on any atom is 0.157 e. The van der Waals surface area contributed by atoms with Crippen LogP contribution in [-0.2, 0) is 10.5 Å². The zero-order chi connectivity index (χ0) is 11.1. The maximum absolute atomic E-state index is 10.7. The van der Waals surface area contributed by atoms with E-state index in [0.717, 1.165) is 16.9 Å². The SMILES string of the molecule is CN(C)/C=C(/C=O)SCc1ccccc1. The topological polar surface area (TPSA) is 20.3 Å². The van der Waals surface area contributed by atoms with Crippen molar-refractivity contribution in [1.82, 2.24) is 4.90 Å². The average Bonchev–Trinajstić information content (AvgIpc) is 2.25. The molecule has 0 bridgehead atoms. The second-order valence-corrected chi connectivity index (χ2v) is 4.44. The van der Waals surface area contributed by atoms with Gasteiger partial charge in [0.1, 0.15) is 0 Å². The molecule has 1 aromatic carbocycles. The van der Waals surface area contributed by atoms with Crippen LogP contribution in [0.25, 0.3) is 0 Å². The number of carbonyl (C=O) groups excluding carboxylic acids is 1. The standard InChI is InChI=1S/C12H15NOS/c1-13(2)8-12(9-14)15-10-11-6-4-3-5-7-11/h3-9H,10H2,1-2H3/b12-8-. The Morgan fingerprint density at radius 3 is 2.53 bits per heavy atom. The second-order valence-electron chi connectivity index (χ2n) is 3.39. The number of nitrogens with zero attached hydrogens (tertiary/aromatic N) is 1. The third-order valence-electron chi connectivity index (χ3n) is 1.75. The number of benzene rings is 1. The summed E-state index contributed by atoms with van der Waals surface area (Å²) in [6, 6.07) is 10.1. The molecular weight excluding hydrogens is 206 g/mol. The Balaban J connectivity index is 2.52. The minimum atomic E-state index is 0.754. The van der Waals surface area contributed by atoms with Crippen molar-refractivity contribution in [1.29, 1.82) is 0 Å². The van der Waals surface area contributed by atoms with E-state index in [1.807, 2.05) is 43.4 Å². The van der Waals surface area contributed by atoms with E-state index in [1.54, 1.807) is 11.8 Å². The molecule has 0 N–H and O–H groups in total. The molecule has 3 heteroatoms. The van der Waals surface area contributed by atoms with Crippen LogP contribution in [0.4, 0.5) is 0 Å². The Morgan fingerprint density at radius 2 is 2.00 bits per heavy atom. The Hall–Kier alpha value is -1.22. The minimum Gasteiger partial charge on any atom is -0.382 e. The van der Waals surface area contributed by atoms with Gasteiger partial charge in [-0.25, -0.2) is 0 Å². The van der Waals surface area contributed by atoms with Crippen LogP contribution in [0.3, 0.4) is 0 Å². The highest BCUT2D eigenvalue weighted by atomic mass is 32.2. The largest absolute Gasteiger partial charge is 0.382 e. The predicted octanol–water partition coefficient (Wildman–Crippen LogP) is 2.52. The van der Waals surface area contributed by atoms with E-state index in [1.165, 1.54) is 5.56 Å². The Labute approximate surface area is 95.0 Å². The van der Waals surface area contributed by atoms with Crippen molar-refractivity contribution >= 4 is 18.0 Å². The summed E-state index contributed by atoms with van der Waals surface area (Å²) in [6.07, 6.45) is 2.73. The molecule has 0 heterocycles. The monoisotopic (exact) mass is 221 g/mol. The Bertz CT molecular complexity index is 333. The number of allylic oxidation sites excluding steroid dienone is 1. The van der Waals surface area contributed by atoms with Gasteiger partial charge in [0.05, 0.1) is 4.91 Å². The van der Waals surface area contributed by atoms with Crippen LogP contribution >= 0.6 is 11.8 Å². The fourth-order valence-corrected chi connectivity index (χ4v) is 1.98. The summed E-state index contributed by atoms with van der Waals surface area (Å²) >= 11 is 1.55. The number of hydrogen-bond donors (Lipinski definition) is 0. The molecule has 0 saturated heterocycles. The van der Waals surface area contributed by atoms with Gasteiger partial charge in [0.15, 0.2) is 6.29 Å². The molecule has 0 fully saturated rings. The minimum absolute atomic E-state index is 0.754. The van der Waals surface area contributed by atoms with E-state index < -0.39 is 0 Å². The summed E-state index contributed by atoms with van der Waals surface area (Å²) in [6.45, 7) is 0. The van der Waals surface area contributed by atoms with Crippen molar-refractivity contribution in [2.24, 2.45) is 0 Å². The summed E-state index contributed by atoms with van der Waals surface area (Å²) in [5, 5.41) is 0. The zero-order valence-corrected chi connectivity index (χ0v) is 9.83. The molecule has 2 nitrogen and oxygen atoms in total. The van der Waals surface area contributed by atoms with Crippen molar-refractivity contribution < 1.29 is 4.79 Å². The lowest BCUT2D eigenvalue weighted by Crippen LogP contribution is -2.02. The van der Waals surface area contributed by atoms with Crippen molar-refractivity contribution in [3.8, 4) is 0 Å². The highest BCUT2D eigenvalue weighted by Crippen LogP contribution is 2.19. The molecule has 0 saturated carbocycles. The molecule has 0 aromatic heterocycles. The summed E-state index contributed by atoms with van der Waals surface area (Å²) in [5.74, 6) is 0.833. The molecule has 15 heavy (non-hydrogen) atoms. The van der Waals surface area contributed by atoms with E-state index in [0.29, 0.717) is 0 Å². The first-order valence-corrected chi connectivity index (χ1v) is 5.71. The summed E-state index contributed by atoms with van der Waals surface area (Å²) in [5.41, 5.74) is 1.23. The number of aldehydes is 1. The molecule has 0 amide bonds. The highest BCUT2D eigenvalue weighted by Gasteiger charge is 1.98. The summed E-state index contributed by atoms with van der Waals surface area (Å²) in [7, 11) is 3.82. The number of thioether (sulfide) groups is 1. The van der Waals surface area contributed by atoms with Crippen LogP contribution < -0.4 is 0 Å². The lowest BCUT2D eigenvalue weighted by Gasteiger charge is -2.06. The first-order valence-electron chi connectivity index (χ1n) is 4.72. The molecule has 0 radical (unpaired) electrons. The van der Waals surface area contributed by atoms with E-state index in [-0.39, 0.29) is 0 Å². The van der Waals surface area contributed by atoms with Gasteiger partial charge in [0.2, 0.25) is 0 Å². The van der Waals surface area contributed by atoms with E-state index in [4.69, 9.17) is 0 Å². The molecule has 0 spiro atoms. The number of hydrogen-bond acceptors (Lipinski definition) is 3. The molecule has 0 aliphatic heterocycles. The highest BCUT2D eigenvalue weighted by molar-refractivity contribution is 8.03. The number of rotatable bonds is 5. The molecule has 0 atom stereocenters. The Morgan fingerprint density at radius 1 is 1.33 bits per heavy atom. The molecule has 1 rings (SSSR count). The molecule has 0 aliphatic rings. The summed E-state index contributed by atoms with van der Waals surface area (Å²) in [4.78, 5) is 13.4. The van der Waals surface area contributed by atoms with Gasteiger partial charge in [0, 0.05) is 26.0 Å². The molecule has 80 valence electrons. The Kier molecular flexibility index (Phi) is 4.98. The van der Waals surface area contributed by atoms with Gasteiger partial charge >= 0.3 is 0 Å². The zero-order valence-electron chi connectivity index (χ0n) is 9.01. The second kappa shape index (κ2) is 6.30. The van der Waals surface area contributed by atoms with Crippen LogP contribution in [0.15, 0.2) is 41.4 Å². The van der Waals surface area contributed by atoms with Crippen LogP contribution in [0.2, 0.25) is 0 Å². The van der Waals surface area contributed by atoms with Crippen LogP contribution in [-0.4, -0.2) is 25.3 Å². The summed E-state index contributed by atoms with van der Waals surface area (Å²) < 4.78 is 0. The third-order valence-corrected chi connectivity index (χ3v) is 2.76. The number of carbonyl (C=O) groups is 1. The van der Waals surface area contributed by atoms with E-state index in [2.05, 4.69) is 12.1 Å². The third kappa shape index (κ3) is 4.70. The first-order chi connectivity index (χ1) is 7.22. The van der Waals surface area contributed by atoms with Gasteiger partial charge in [-0.15, -0.1) is 11.8 Å². The van der Waals surface area contributed by atoms with Crippen LogP contribution in [0, 0.1) is 0 Å². The lowest BCUT2D eigenvalue weighted by atomic mass is 10.2. The van der Waals surface area contributed by atoms with Gasteiger partial charge in [-0.3, -0.25) is 4.79 Å². The van der Waals surface area contributed by atoms with Crippen LogP contribution in [0.1, 0.15) is 5.56 Å². The van der Waals surface area contributed by atoms with Crippen molar-refractivity contribution in [3.63, 3.8) is 0 Å². The fraction of sp³-hybridized carbons (Fsp3) is 0.250. The van der Waals surface area contributed by atoms with Gasteiger partial charge < -0.3 is 4.90 Å². The average molecular weight is 221 g/mol. The van der Waals surface area contributed by atoms with Crippen molar-refractivity contribution in [2.75, 3.05) is 14.1 Å². The quantitative estimate of drug-likeness (QED) is 0.563. The van der Waals surface area contributed by atoms with Gasteiger partial charge in [-0.2, -0.15) is 0 Å². The normalized spacial score (nSPS) is 11.2. The smallest absolute Gasteiger partial charge is 0.157 e. The van der Waals surface area contributed by atoms with Crippen molar-refractivity contribution in [3.05, 3.63) is 47.0 Å².